The van der Waals surface area contributed by atoms with Crippen LogP contribution >= 0.6 is 0 Å². The number of urea groups is 1. The van der Waals surface area contributed by atoms with Crippen molar-refractivity contribution in [3.05, 3.63) is 23.8 Å². The molecule has 0 spiro atoms. The lowest BCUT2D eigenvalue weighted by molar-refractivity contribution is 0.0546. The highest BCUT2D eigenvalue weighted by molar-refractivity contribution is 5.89. The minimum atomic E-state index is -0.869. The number of anilines is 1. The molecule has 1 aliphatic rings. The van der Waals surface area contributed by atoms with E-state index in [-0.39, 0.29) is 17.7 Å². The van der Waals surface area contributed by atoms with Crippen molar-refractivity contribution in [2.24, 2.45) is 11.8 Å². The Morgan fingerprint density at radius 3 is 2.61 bits per heavy atom. The molecule has 23 heavy (non-hydrogen) atoms. The van der Waals surface area contributed by atoms with Gasteiger partial charge in [-0.2, -0.15) is 0 Å². The Hall–Kier alpha value is -1.89. The van der Waals surface area contributed by atoms with E-state index in [0.29, 0.717) is 19.1 Å². The van der Waals surface area contributed by atoms with Gasteiger partial charge in [0, 0.05) is 36.9 Å². The number of ether oxygens (including phenoxy) is 2. The summed E-state index contributed by atoms with van der Waals surface area (Å²) in [5.74, 6) is -1.60. The Balaban J connectivity index is 1.90. The van der Waals surface area contributed by atoms with Gasteiger partial charge in [-0.25, -0.2) is 13.6 Å². The SMILES string of the molecule is COc1c(F)cc(NC(=O)NCC2CCOC2C(C)C)cc1F. The Morgan fingerprint density at radius 2 is 2.04 bits per heavy atom. The third kappa shape index (κ3) is 4.31. The third-order valence-corrected chi connectivity index (χ3v) is 3.91. The highest BCUT2D eigenvalue weighted by atomic mass is 19.1. The standard InChI is InChI=1S/C16H22F2N2O3/c1-9(2)14-10(4-5-23-14)8-19-16(21)20-11-6-12(17)15(22-3)13(18)7-11/h6-7,9-10,14H,4-5,8H2,1-3H3,(H2,19,20,21). The largest absolute Gasteiger partial charge is 0.491 e. The second-order valence-corrected chi connectivity index (χ2v) is 5.94. The molecule has 1 saturated heterocycles. The van der Waals surface area contributed by atoms with Gasteiger partial charge in [-0.05, 0) is 12.3 Å². The zero-order valence-electron chi connectivity index (χ0n) is 13.5. The van der Waals surface area contributed by atoms with E-state index in [1.165, 1.54) is 7.11 Å². The van der Waals surface area contributed by atoms with Crippen LogP contribution in [0.25, 0.3) is 0 Å². The number of carbonyl (C=O) groups excluding carboxylic acids is 1. The molecule has 0 bridgehead atoms. The lowest BCUT2D eigenvalue weighted by Gasteiger charge is -2.22. The van der Waals surface area contributed by atoms with Gasteiger partial charge in [0.05, 0.1) is 13.2 Å². The fourth-order valence-corrected chi connectivity index (χ4v) is 2.84. The van der Waals surface area contributed by atoms with Crippen molar-refractivity contribution in [1.29, 1.82) is 0 Å². The molecule has 2 rings (SSSR count). The van der Waals surface area contributed by atoms with Crippen LogP contribution in [0.1, 0.15) is 20.3 Å². The van der Waals surface area contributed by atoms with E-state index < -0.39 is 23.4 Å². The molecule has 2 atom stereocenters. The number of hydrogen-bond acceptors (Lipinski definition) is 3. The van der Waals surface area contributed by atoms with Gasteiger partial charge < -0.3 is 20.1 Å². The van der Waals surface area contributed by atoms with E-state index in [4.69, 9.17) is 4.74 Å². The number of halogens is 2. The minimum Gasteiger partial charge on any atom is -0.491 e. The Labute approximate surface area is 134 Å². The average molecular weight is 328 g/mol. The van der Waals surface area contributed by atoms with Gasteiger partial charge in [-0.15, -0.1) is 0 Å². The summed E-state index contributed by atoms with van der Waals surface area (Å²) in [5.41, 5.74) is 0.0291. The molecular formula is C16H22F2N2O3. The Kier molecular flexibility index (Phi) is 5.76. The molecule has 2 N–H and O–H groups in total. The van der Waals surface area contributed by atoms with Crippen LogP contribution in [0.3, 0.4) is 0 Å². The molecule has 1 fully saturated rings. The first-order valence-electron chi connectivity index (χ1n) is 7.61. The van der Waals surface area contributed by atoms with Gasteiger partial charge in [-0.3, -0.25) is 0 Å². The van der Waals surface area contributed by atoms with Gasteiger partial charge >= 0.3 is 6.03 Å². The van der Waals surface area contributed by atoms with Crippen LogP contribution in [-0.4, -0.2) is 32.4 Å². The zero-order valence-corrected chi connectivity index (χ0v) is 13.5. The number of methoxy groups -OCH3 is 1. The quantitative estimate of drug-likeness (QED) is 0.873. The molecule has 0 radical (unpaired) electrons. The molecule has 5 nitrogen and oxygen atoms in total. The molecule has 2 unspecified atom stereocenters. The molecule has 0 aliphatic carbocycles. The molecule has 128 valence electrons. The Bertz CT molecular complexity index is 543. The first-order valence-corrected chi connectivity index (χ1v) is 7.61. The van der Waals surface area contributed by atoms with Gasteiger partial charge in [-0.1, -0.05) is 13.8 Å². The maximum absolute atomic E-state index is 13.6. The van der Waals surface area contributed by atoms with Crippen LogP contribution in [-0.2, 0) is 4.74 Å². The first-order chi connectivity index (χ1) is 10.9. The van der Waals surface area contributed by atoms with Crippen LogP contribution in [0.5, 0.6) is 5.75 Å². The molecule has 1 aliphatic heterocycles. The molecule has 7 heteroatoms. The number of amides is 2. The smallest absolute Gasteiger partial charge is 0.319 e. The number of carbonyl (C=O) groups is 1. The normalized spacial score (nSPS) is 20.6. The summed E-state index contributed by atoms with van der Waals surface area (Å²) < 4.78 is 37.4. The number of rotatable bonds is 5. The monoisotopic (exact) mass is 328 g/mol. The van der Waals surface area contributed by atoms with Crippen molar-refractivity contribution in [3.63, 3.8) is 0 Å². The van der Waals surface area contributed by atoms with Crippen molar-refractivity contribution >= 4 is 11.7 Å². The predicted octanol–water partition coefficient (Wildman–Crippen LogP) is 3.16. The van der Waals surface area contributed by atoms with Gasteiger partial charge in [0.2, 0.25) is 0 Å². The molecule has 1 heterocycles. The second kappa shape index (κ2) is 7.59. The van der Waals surface area contributed by atoms with E-state index in [1.54, 1.807) is 0 Å². The summed E-state index contributed by atoms with van der Waals surface area (Å²) in [7, 11) is 1.18. The summed E-state index contributed by atoms with van der Waals surface area (Å²) in [6.45, 7) is 5.29. The van der Waals surface area contributed by atoms with E-state index in [9.17, 15) is 13.6 Å². The molecule has 0 saturated carbocycles. The minimum absolute atomic E-state index is 0.0291. The summed E-state index contributed by atoms with van der Waals surface area (Å²) in [4.78, 5) is 11.9. The fourth-order valence-electron chi connectivity index (χ4n) is 2.84. The van der Waals surface area contributed by atoms with Gasteiger partial charge in [0.15, 0.2) is 17.4 Å². The average Bonchev–Trinajstić information content (AvgIpc) is 2.93. The summed E-state index contributed by atoms with van der Waals surface area (Å²) in [6.07, 6.45) is 1.00. The summed E-state index contributed by atoms with van der Waals surface area (Å²) in [5, 5.41) is 5.14. The summed E-state index contributed by atoms with van der Waals surface area (Å²) in [6, 6.07) is 1.51. The highest BCUT2D eigenvalue weighted by Gasteiger charge is 2.30. The van der Waals surface area contributed by atoms with E-state index >= 15 is 0 Å². The van der Waals surface area contributed by atoms with Crippen LogP contribution < -0.4 is 15.4 Å². The number of hydrogen-bond donors (Lipinski definition) is 2. The van der Waals surface area contributed by atoms with Crippen LogP contribution in [0.15, 0.2) is 12.1 Å². The molecule has 1 aromatic carbocycles. The second-order valence-electron chi connectivity index (χ2n) is 5.94. The van der Waals surface area contributed by atoms with Crippen molar-refractivity contribution in [2.75, 3.05) is 25.6 Å². The van der Waals surface area contributed by atoms with E-state index in [2.05, 4.69) is 29.2 Å². The lowest BCUT2D eigenvalue weighted by atomic mass is 9.93. The summed E-state index contributed by atoms with van der Waals surface area (Å²) >= 11 is 0. The highest BCUT2D eigenvalue weighted by Crippen LogP contribution is 2.27. The fraction of sp³-hybridized carbons (Fsp3) is 0.562. The maximum atomic E-state index is 13.6. The van der Waals surface area contributed by atoms with Crippen LogP contribution in [0.4, 0.5) is 19.3 Å². The van der Waals surface area contributed by atoms with Crippen molar-refractivity contribution in [3.8, 4) is 5.75 Å². The number of benzene rings is 1. The number of nitrogens with one attached hydrogen (secondary N) is 2. The van der Waals surface area contributed by atoms with Crippen molar-refractivity contribution < 1.29 is 23.0 Å². The van der Waals surface area contributed by atoms with Crippen LogP contribution in [0.2, 0.25) is 0 Å². The maximum Gasteiger partial charge on any atom is 0.319 e. The molecule has 0 aromatic heterocycles. The van der Waals surface area contributed by atoms with Crippen molar-refractivity contribution in [2.45, 2.75) is 26.4 Å². The topological polar surface area (TPSA) is 59.6 Å². The Morgan fingerprint density at radius 1 is 1.39 bits per heavy atom. The lowest BCUT2D eigenvalue weighted by Crippen LogP contribution is -2.37. The first kappa shape index (κ1) is 17.5. The molecule has 1 aromatic rings. The van der Waals surface area contributed by atoms with Crippen molar-refractivity contribution in [1.82, 2.24) is 5.32 Å². The third-order valence-electron chi connectivity index (χ3n) is 3.91. The predicted molar refractivity (Wildman–Crippen MR) is 82.6 cm³/mol. The zero-order chi connectivity index (χ0) is 17.0. The van der Waals surface area contributed by atoms with Gasteiger partial charge in [0.1, 0.15) is 0 Å². The van der Waals surface area contributed by atoms with E-state index in [0.717, 1.165) is 18.6 Å². The van der Waals surface area contributed by atoms with E-state index in [1.807, 2.05) is 0 Å². The van der Waals surface area contributed by atoms with Gasteiger partial charge in [0.25, 0.3) is 0 Å². The van der Waals surface area contributed by atoms with Crippen LogP contribution in [0, 0.1) is 23.5 Å². The molecule has 2 amide bonds. The molecular weight excluding hydrogens is 306 g/mol.